The van der Waals surface area contributed by atoms with Crippen LogP contribution in [0.1, 0.15) is 100.0 Å². The van der Waals surface area contributed by atoms with Crippen molar-refractivity contribution in [2.75, 3.05) is 0 Å². The highest BCUT2D eigenvalue weighted by Crippen LogP contribution is 2.32. The predicted molar refractivity (Wildman–Crippen MR) is 147 cm³/mol. The Bertz CT molecular complexity index is 1040. The number of carbonyl (C=O) groups is 4. The molecule has 0 aliphatic carbocycles. The predicted octanol–water partition coefficient (Wildman–Crippen LogP) is 6.15. The van der Waals surface area contributed by atoms with Crippen molar-refractivity contribution in [3.05, 3.63) is 23.8 Å². The largest absolute Gasteiger partial charge is 0.514 e. The van der Waals surface area contributed by atoms with Gasteiger partial charge in [0.15, 0.2) is 11.5 Å². The van der Waals surface area contributed by atoms with Crippen LogP contribution < -0.4 is 14.8 Å². The van der Waals surface area contributed by atoms with Crippen molar-refractivity contribution in [3.63, 3.8) is 0 Å². The number of hydrogen-bond donors (Lipinski definition) is 2. The summed E-state index contributed by atoms with van der Waals surface area (Å²) >= 11 is 0. The van der Waals surface area contributed by atoms with E-state index in [9.17, 15) is 24.3 Å². The third-order valence-electron chi connectivity index (χ3n) is 6.45. The average molecular weight is 568 g/mol. The Morgan fingerprint density at radius 1 is 0.850 bits per heavy atom. The van der Waals surface area contributed by atoms with Crippen molar-refractivity contribution >= 4 is 24.2 Å². The van der Waals surface area contributed by atoms with Crippen LogP contribution in [0.4, 0.5) is 9.59 Å². The molecule has 0 spiro atoms. The average Bonchev–Trinajstić information content (AvgIpc) is 2.84. The fourth-order valence-electron chi connectivity index (χ4n) is 3.18. The van der Waals surface area contributed by atoms with Gasteiger partial charge in [0, 0.05) is 18.9 Å². The molecule has 1 aromatic rings. The first-order valence-corrected chi connectivity index (χ1v) is 13.7. The van der Waals surface area contributed by atoms with E-state index in [2.05, 4.69) is 5.32 Å². The summed E-state index contributed by atoms with van der Waals surface area (Å²) in [5.74, 6) is -2.42. The van der Waals surface area contributed by atoms with E-state index >= 15 is 0 Å². The highest BCUT2D eigenvalue weighted by atomic mass is 16.8. The molecule has 226 valence electrons. The molecule has 0 aliphatic rings. The van der Waals surface area contributed by atoms with Gasteiger partial charge in [0.25, 0.3) is 5.72 Å². The van der Waals surface area contributed by atoms with Crippen LogP contribution in [0, 0.1) is 0 Å². The second-order valence-corrected chi connectivity index (χ2v) is 10.9. The normalized spacial score (nSPS) is 13.9. The number of ether oxygens (including phenoxy) is 5. The summed E-state index contributed by atoms with van der Waals surface area (Å²) < 4.78 is 26.9. The number of esters is 1. The lowest BCUT2D eigenvalue weighted by molar-refractivity contribution is -0.184. The Morgan fingerprint density at radius 3 is 1.82 bits per heavy atom. The van der Waals surface area contributed by atoms with Gasteiger partial charge in [-0.25, -0.2) is 14.4 Å². The molecular weight excluding hydrogens is 522 g/mol. The number of aliphatic carboxylic acids is 1. The zero-order valence-electron chi connectivity index (χ0n) is 25.2. The van der Waals surface area contributed by atoms with Gasteiger partial charge in [-0.05, 0) is 78.0 Å². The molecule has 0 bridgehead atoms. The van der Waals surface area contributed by atoms with E-state index in [1.54, 1.807) is 41.5 Å². The van der Waals surface area contributed by atoms with E-state index in [1.165, 1.54) is 18.2 Å². The Hall–Kier alpha value is -3.34. The van der Waals surface area contributed by atoms with Crippen LogP contribution in [0.5, 0.6) is 11.5 Å². The van der Waals surface area contributed by atoms with Crippen molar-refractivity contribution in [1.29, 1.82) is 0 Å². The summed E-state index contributed by atoms with van der Waals surface area (Å²) in [5.41, 5.74) is -3.41. The van der Waals surface area contributed by atoms with Crippen molar-refractivity contribution in [2.24, 2.45) is 0 Å². The fourth-order valence-corrected chi connectivity index (χ4v) is 3.18. The molecule has 0 aliphatic heterocycles. The minimum atomic E-state index is -2.10. The molecule has 1 rings (SSSR count). The van der Waals surface area contributed by atoms with Crippen molar-refractivity contribution in [2.45, 2.75) is 124 Å². The first-order chi connectivity index (χ1) is 18.5. The Balaban J connectivity index is 3.51. The van der Waals surface area contributed by atoms with Gasteiger partial charge in [-0.3, -0.25) is 10.1 Å². The SMILES string of the molecule is CCCC(=O)O[C@](Cc1ccc(OC(=O)OC(C)(C)CC)c(OC(=O)OC(C)(C)CC)c1)(NC(C)CC)C(=O)O. The first kappa shape index (κ1) is 34.7. The summed E-state index contributed by atoms with van der Waals surface area (Å²) in [7, 11) is 0. The Kier molecular flexibility index (Phi) is 12.9. The summed E-state index contributed by atoms with van der Waals surface area (Å²) in [4.78, 5) is 50.0. The molecule has 0 fully saturated rings. The van der Waals surface area contributed by atoms with E-state index in [0.717, 1.165) is 0 Å². The number of rotatable bonds is 15. The minimum absolute atomic E-state index is 0.0353. The fraction of sp³-hybridized carbons (Fsp3) is 0.655. The van der Waals surface area contributed by atoms with Crippen LogP contribution in [-0.4, -0.2) is 52.3 Å². The molecule has 0 radical (unpaired) electrons. The quantitative estimate of drug-likeness (QED) is 0.109. The first-order valence-electron chi connectivity index (χ1n) is 13.7. The van der Waals surface area contributed by atoms with Crippen LogP contribution in [0.15, 0.2) is 18.2 Å². The van der Waals surface area contributed by atoms with Crippen LogP contribution in [0.3, 0.4) is 0 Å². The van der Waals surface area contributed by atoms with Gasteiger partial charge >= 0.3 is 24.2 Å². The monoisotopic (exact) mass is 567 g/mol. The molecule has 11 nitrogen and oxygen atoms in total. The summed E-state index contributed by atoms with van der Waals surface area (Å²) in [5, 5.41) is 13.1. The number of hydrogen-bond acceptors (Lipinski definition) is 10. The summed E-state index contributed by atoms with van der Waals surface area (Å²) in [6.07, 6.45) is -0.268. The third kappa shape index (κ3) is 11.0. The van der Waals surface area contributed by atoms with E-state index in [4.69, 9.17) is 23.7 Å². The molecule has 2 atom stereocenters. The molecule has 0 saturated carbocycles. The highest BCUT2D eigenvalue weighted by molar-refractivity contribution is 5.82. The molecule has 11 heteroatoms. The van der Waals surface area contributed by atoms with Crippen LogP contribution in [-0.2, 0) is 30.2 Å². The molecular formula is C29H45NO10. The maximum atomic E-state index is 12.6. The number of nitrogens with one attached hydrogen (secondary N) is 1. The molecule has 0 amide bonds. The van der Waals surface area contributed by atoms with Crippen LogP contribution in [0.25, 0.3) is 0 Å². The van der Waals surface area contributed by atoms with Gasteiger partial charge in [0.1, 0.15) is 11.2 Å². The highest BCUT2D eigenvalue weighted by Gasteiger charge is 2.44. The summed E-state index contributed by atoms with van der Waals surface area (Å²) in [6, 6.07) is 3.84. The van der Waals surface area contributed by atoms with Crippen molar-refractivity contribution in [3.8, 4) is 11.5 Å². The minimum Gasteiger partial charge on any atom is -0.477 e. The zero-order valence-corrected chi connectivity index (χ0v) is 25.2. The van der Waals surface area contributed by atoms with E-state index in [1.807, 2.05) is 20.8 Å². The van der Waals surface area contributed by atoms with Crippen LogP contribution >= 0.6 is 0 Å². The lowest BCUT2D eigenvalue weighted by Crippen LogP contribution is -2.59. The molecule has 2 N–H and O–H groups in total. The maximum absolute atomic E-state index is 12.6. The maximum Gasteiger partial charge on any atom is 0.514 e. The van der Waals surface area contributed by atoms with Gasteiger partial charge in [-0.1, -0.05) is 33.8 Å². The van der Waals surface area contributed by atoms with Gasteiger partial charge in [0.2, 0.25) is 0 Å². The lowest BCUT2D eigenvalue weighted by Gasteiger charge is -2.33. The standard InChI is InChI=1S/C29H45NO10/c1-10-14-23(31)38-29(24(32)33,30-19(5)11-2)18-20-15-16-21(36-25(34)39-27(6,7)12-3)22(17-20)37-26(35)40-28(8,9)13-4/h15-17,19,30H,10-14,18H2,1-9H3,(H,32,33)/t19?,29-/m0/s1. The molecule has 0 saturated heterocycles. The molecule has 40 heavy (non-hydrogen) atoms. The van der Waals surface area contributed by atoms with Gasteiger partial charge in [-0.2, -0.15) is 0 Å². The van der Waals surface area contributed by atoms with Gasteiger partial charge in [0.05, 0.1) is 0 Å². The molecule has 0 heterocycles. The number of carboxylic acid groups (broad SMARTS) is 1. The topological polar surface area (TPSA) is 147 Å². The van der Waals surface area contributed by atoms with Gasteiger partial charge in [-0.15, -0.1) is 0 Å². The molecule has 0 aromatic heterocycles. The molecule has 1 aromatic carbocycles. The lowest BCUT2D eigenvalue weighted by atomic mass is 10.00. The number of benzene rings is 1. The van der Waals surface area contributed by atoms with Crippen LogP contribution in [0.2, 0.25) is 0 Å². The van der Waals surface area contributed by atoms with E-state index in [-0.39, 0.29) is 30.4 Å². The summed E-state index contributed by atoms with van der Waals surface area (Å²) in [6.45, 7) is 15.9. The van der Waals surface area contributed by atoms with Crippen molar-refractivity contribution in [1.82, 2.24) is 5.32 Å². The smallest absolute Gasteiger partial charge is 0.477 e. The zero-order chi connectivity index (χ0) is 30.7. The van der Waals surface area contributed by atoms with E-state index in [0.29, 0.717) is 31.2 Å². The van der Waals surface area contributed by atoms with E-state index < -0.39 is 41.2 Å². The molecule has 1 unspecified atom stereocenters. The Morgan fingerprint density at radius 2 is 1.38 bits per heavy atom. The van der Waals surface area contributed by atoms with Crippen molar-refractivity contribution < 1.29 is 48.0 Å². The second kappa shape index (κ2) is 14.9. The second-order valence-electron chi connectivity index (χ2n) is 10.9. The number of carboxylic acids is 1. The Labute approximate surface area is 236 Å². The van der Waals surface area contributed by atoms with Gasteiger partial charge < -0.3 is 28.8 Å². The third-order valence-corrected chi connectivity index (χ3v) is 6.45. The number of carbonyl (C=O) groups excluding carboxylic acids is 3.